The van der Waals surface area contributed by atoms with E-state index in [4.69, 9.17) is 5.11 Å². The van der Waals surface area contributed by atoms with Crippen molar-refractivity contribution < 1.29 is 14.6 Å². The van der Waals surface area contributed by atoms with E-state index in [0.29, 0.717) is 5.06 Å². The summed E-state index contributed by atoms with van der Waals surface area (Å²) in [4.78, 5) is 11.7. The smallest absolute Gasteiger partial charge is 0.449 e. The monoisotopic (exact) mass is 226 g/mol. The van der Waals surface area contributed by atoms with Gasteiger partial charge in [-0.1, -0.05) is 13.3 Å². The largest absolute Gasteiger partial charge is 0.512 e. The number of hydrogen-bond acceptors (Lipinski definition) is 3. The Balaban J connectivity index is 2.14. The molecule has 3 nitrogen and oxygen atoms in total. The predicted molar refractivity (Wildman–Crippen MR) is 58.8 cm³/mol. The molecule has 0 saturated heterocycles. The molecule has 0 fully saturated rings. The predicted octanol–water partition coefficient (Wildman–Crippen LogP) is 3.32. The van der Waals surface area contributed by atoms with Crippen molar-refractivity contribution in [3.8, 4) is 5.06 Å². The van der Waals surface area contributed by atoms with E-state index < -0.39 is 6.16 Å². The molecule has 2 rings (SSSR count). The standard InChI is InChI=1S/C11H14O3S/c1-2-7-3-4-9-8(5-7)6-10(15-9)14-11(12)13/h6-7H,2-5H2,1H3,(H,12,13). The summed E-state index contributed by atoms with van der Waals surface area (Å²) < 4.78 is 4.67. The fraction of sp³-hybridized carbons (Fsp3) is 0.545. The minimum atomic E-state index is -1.22. The van der Waals surface area contributed by atoms with Crippen LogP contribution in [0.5, 0.6) is 5.06 Å². The molecule has 15 heavy (non-hydrogen) atoms. The molecule has 1 aromatic rings. The molecule has 0 spiro atoms. The van der Waals surface area contributed by atoms with Crippen LogP contribution in [0.1, 0.15) is 30.2 Å². The highest BCUT2D eigenvalue weighted by molar-refractivity contribution is 7.14. The minimum absolute atomic E-state index is 0.518. The van der Waals surface area contributed by atoms with Crippen LogP contribution in [-0.4, -0.2) is 11.3 Å². The van der Waals surface area contributed by atoms with Crippen LogP contribution in [0.15, 0.2) is 6.07 Å². The summed E-state index contributed by atoms with van der Waals surface area (Å²) in [7, 11) is 0. The molecule has 1 aliphatic rings. The van der Waals surface area contributed by atoms with Gasteiger partial charge < -0.3 is 9.84 Å². The third-order valence-electron chi connectivity index (χ3n) is 2.93. The van der Waals surface area contributed by atoms with E-state index in [9.17, 15) is 4.79 Å². The second kappa shape index (κ2) is 4.23. The lowest BCUT2D eigenvalue weighted by Gasteiger charge is -2.19. The molecule has 1 unspecified atom stereocenters. The average molecular weight is 226 g/mol. The fourth-order valence-corrected chi connectivity index (χ4v) is 3.11. The zero-order chi connectivity index (χ0) is 10.8. The van der Waals surface area contributed by atoms with Gasteiger partial charge in [0.05, 0.1) is 0 Å². The maximum absolute atomic E-state index is 10.4. The van der Waals surface area contributed by atoms with Crippen molar-refractivity contribution >= 4 is 17.5 Å². The average Bonchev–Trinajstić information content (AvgIpc) is 2.57. The van der Waals surface area contributed by atoms with Gasteiger partial charge >= 0.3 is 6.16 Å². The second-order valence-corrected chi connectivity index (χ2v) is 5.00. The van der Waals surface area contributed by atoms with E-state index in [-0.39, 0.29) is 0 Å². The van der Waals surface area contributed by atoms with E-state index in [1.165, 1.54) is 34.6 Å². The van der Waals surface area contributed by atoms with Crippen LogP contribution < -0.4 is 4.74 Å². The van der Waals surface area contributed by atoms with Gasteiger partial charge in [0.2, 0.25) is 0 Å². The minimum Gasteiger partial charge on any atom is -0.449 e. The molecule has 1 heterocycles. The van der Waals surface area contributed by atoms with E-state index in [1.807, 2.05) is 6.07 Å². The first kappa shape index (κ1) is 10.5. The van der Waals surface area contributed by atoms with Crippen LogP contribution in [0.2, 0.25) is 0 Å². The first-order chi connectivity index (χ1) is 7.19. The lowest BCUT2D eigenvalue weighted by Crippen LogP contribution is -2.10. The summed E-state index contributed by atoms with van der Waals surface area (Å²) in [6, 6.07) is 1.88. The van der Waals surface area contributed by atoms with Crippen molar-refractivity contribution in [3.05, 3.63) is 16.5 Å². The summed E-state index contributed by atoms with van der Waals surface area (Å²) in [6.45, 7) is 2.21. The molecule has 1 aromatic heterocycles. The Kier molecular flexibility index (Phi) is 2.95. The van der Waals surface area contributed by atoms with Gasteiger partial charge in [-0.15, -0.1) is 11.3 Å². The summed E-state index contributed by atoms with van der Waals surface area (Å²) in [5, 5.41) is 9.03. The first-order valence-electron chi connectivity index (χ1n) is 5.21. The third-order valence-corrected chi connectivity index (χ3v) is 4.04. The van der Waals surface area contributed by atoms with Crippen LogP contribution in [0.25, 0.3) is 0 Å². The summed E-state index contributed by atoms with van der Waals surface area (Å²) in [5.41, 5.74) is 1.29. The second-order valence-electron chi connectivity index (χ2n) is 3.90. The Labute approximate surface area is 92.7 Å². The Hall–Kier alpha value is -1.03. The number of carbonyl (C=O) groups is 1. The Morgan fingerprint density at radius 2 is 2.53 bits per heavy atom. The van der Waals surface area contributed by atoms with E-state index in [2.05, 4.69) is 11.7 Å². The highest BCUT2D eigenvalue weighted by Crippen LogP contribution is 2.37. The van der Waals surface area contributed by atoms with Crippen LogP contribution in [-0.2, 0) is 12.8 Å². The highest BCUT2D eigenvalue weighted by Gasteiger charge is 2.21. The molecule has 0 aliphatic heterocycles. The SMILES string of the molecule is CCC1CCc2sc(OC(=O)O)cc2C1. The van der Waals surface area contributed by atoms with Crippen LogP contribution in [0.4, 0.5) is 4.79 Å². The van der Waals surface area contributed by atoms with Gasteiger partial charge in [-0.25, -0.2) is 4.79 Å². The fourth-order valence-electron chi connectivity index (χ4n) is 2.06. The van der Waals surface area contributed by atoms with Crippen molar-refractivity contribution in [1.82, 2.24) is 0 Å². The Morgan fingerprint density at radius 3 is 3.20 bits per heavy atom. The highest BCUT2D eigenvalue weighted by atomic mass is 32.1. The lowest BCUT2D eigenvalue weighted by molar-refractivity contribution is 0.146. The molecule has 1 aliphatic carbocycles. The molecule has 0 bridgehead atoms. The number of hydrogen-bond donors (Lipinski definition) is 1. The molecule has 0 saturated carbocycles. The number of aryl methyl sites for hydroxylation is 1. The summed E-state index contributed by atoms with van der Waals surface area (Å²) in [6.07, 6.45) is 3.34. The van der Waals surface area contributed by atoms with Crippen molar-refractivity contribution in [3.63, 3.8) is 0 Å². The van der Waals surface area contributed by atoms with Crippen LogP contribution >= 0.6 is 11.3 Å². The topological polar surface area (TPSA) is 46.5 Å². The van der Waals surface area contributed by atoms with Gasteiger partial charge in [-0.3, -0.25) is 0 Å². The summed E-state index contributed by atoms with van der Waals surface area (Å²) in [5.74, 6) is 0.754. The molecule has 0 radical (unpaired) electrons. The van der Waals surface area contributed by atoms with Crippen LogP contribution in [0, 0.1) is 5.92 Å². The third kappa shape index (κ3) is 2.31. The van der Waals surface area contributed by atoms with Crippen molar-refractivity contribution in [2.24, 2.45) is 5.92 Å². The molecular weight excluding hydrogens is 212 g/mol. The van der Waals surface area contributed by atoms with Crippen LogP contribution in [0.3, 0.4) is 0 Å². The van der Waals surface area contributed by atoms with Gasteiger partial charge in [0.25, 0.3) is 0 Å². The molecular formula is C11H14O3S. The van der Waals surface area contributed by atoms with Gasteiger partial charge in [-0.05, 0) is 36.8 Å². The molecule has 0 aromatic carbocycles. The quantitative estimate of drug-likeness (QED) is 0.787. The molecule has 0 amide bonds. The number of thiophene rings is 1. The molecule has 82 valence electrons. The molecule has 1 N–H and O–H groups in total. The van der Waals surface area contributed by atoms with Crippen molar-refractivity contribution in [2.75, 3.05) is 0 Å². The number of ether oxygens (including phenoxy) is 1. The first-order valence-corrected chi connectivity index (χ1v) is 6.03. The normalized spacial score (nSPS) is 19.7. The van der Waals surface area contributed by atoms with E-state index in [1.54, 1.807) is 0 Å². The zero-order valence-electron chi connectivity index (χ0n) is 8.66. The maximum Gasteiger partial charge on any atom is 0.512 e. The number of fused-ring (bicyclic) bond motifs is 1. The van der Waals surface area contributed by atoms with Gasteiger partial charge in [0.15, 0.2) is 5.06 Å². The summed E-state index contributed by atoms with van der Waals surface area (Å²) >= 11 is 1.47. The van der Waals surface area contributed by atoms with Gasteiger partial charge in [0.1, 0.15) is 0 Å². The lowest BCUT2D eigenvalue weighted by atomic mass is 9.87. The Bertz CT molecular complexity index is 370. The number of carboxylic acid groups (broad SMARTS) is 1. The van der Waals surface area contributed by atoms with Gasteiger partial charge in [-0.2, -0.15) is 0 Å². The van der Waals surface area contributed by atoms with Gasteiger partial charge in [0, 0.05) is 4.88 Å². The van der Waals surface area contributed by atoms with Crippen molar-refractivity contribution in [2.45, 2.75) is 32.6 Å². The molecule has 1 atom stereocenters. The zero-order valence-corrected chi connectivity index (χ0v) is 9.47. The van der Waals surface area contributed by atoms with Crippen molar-refractivity contribution in [1.29, 1.82) is 0 Å². The molecule has 4 heteroatoms. The van der Waals surface area contributed by atoms with E-state index in [0.717, 1.165) is 18.8 Å². The van der Waals surface area contributed by atoms with E-state index >= 15 is 0 Å². The number of rotatable bonds is 2. The maximum atomic E-state index is 10.4. The Morgan fingerprint density at radius 1 is 1.73 bits per heavy atom.